The van der Waals surface area contributed by atoms with Gasteiger partial charge in [0.05, 0.1) is 12.2 Å². The summed E-state index contributed by atoms with van der Waals surface area (Å²) < 4.78 is 4.95. The van der Waals surface area contributed by atoms with Crippen molar-refractivity contribution in [3.63, 3.8) is 0 Å². The maximum absolute atomic E-state index is 12.4. The van der Waals surface area contributed by atoms with Crippen LogP contribution in [0.25, 0.3) is 0 Å². The van der Waals surface area contributed by atoms with Crippen molar-refractivity contribution >= 4 is 44.7 Å². The third kappa shape index (κ3) is 3.40. The highest BCUT2D eigenvalue weighted by Gasteiger charge is 2.22. The molecule has 1 amide bonds. The van der Waals surface area contributed by atoms with Gasteiger partial charge in [-0.05, 0) is 39.4 Å². The van der Waals surface area contributed by atoms with Crippen molar-refractivity contribution in [1.29, 1.82) is 0 Å². The van der Waals surface area contributed by atoms with Gasteiger partial charge < -0.3 is 4.90 Å². The first-order valence-corrected chi connectivity index (χ1v) is 8.24. The quantitative estimate of drug-likeness (QED) is 0.834. The SMILES string of the molecule is CC(C)c1nnsc1C(=O)N(C)Cc1cc(Br)cs1. The van der Waals surface area contributed by atoms with E-state index in [1.165, 1.54) is 11.5 Å². The van der Waals surface area contributed by atoms with E-state index in [4.69, 9.17) is 0 Å². The van der Waals surface area contributed by atoms with E-state index in [0.29, 0.717) is 11.4 Å². The molecular formula is C12H14BrN3OS2. The molecule has 0 fully saturated rings. The summed E-state index contributed by atoms with van der Waals surface area (Å²) in [7, 11) is 1.81. The van der Waals surface area contributed by atoms with Crippen LogP contribution in [0.5, 0.6) is 0 Å². The minimum atomic E-state index is -0.0109. The molecular weight excluding hydrogens is 346 g/mol. The van der Waals surface area contributed by atoms with Gasteiger partial charge in [0, 0.05) is 21.8 Å². The van der Waals surface area contributed by atoms with Crippen LogP contribution in [0.1, 0.15) is 40.0 Å². The Morgan fingerprint density at radius 2 is 2.26 bits per heavy atom. The second-order valence-corrected chi connectivity index (χ2v) is 7.20. The molecule has 0 radical (unpaired) electrons. The molecule has 2 heterocycles. The van der Waals surface area contributed by atoms with Crippen LogP contribution >= 0.6 is 38.8 Å². The highest BCUT2D eigenvalue weighted by molar-refractivity contribution is 9.10. The number of rotatable bonds is 4. The molecule has 0 N–H and O–H groups in total. The van der Waals surface area contributed by atoms with Gasteiger partial charge in [0.1, 0.15) is 4.88 Å². The van der Waals surface area contributed by atoms with Gasteiger partial charge in [-0.25, -0.2) is 0 Å². The predicted octanol–water partition coefficient (Wildman–Crippen LogP) is 3.76. The van der Waals surface area contributed by atoms with Crippen molar-refractivity contribution in [2.75, 3.05) is 7.05 Å². The highest BCUT2D eigenvalue weighted by Crippen LogP contribution is 2.24. The summed E-state index contributed by atoms with van der Waals surface area (Å²) >= 11 is 6.22. The Kier molecular flexibility index (Phi) is 4.70. The van der Waals surface area contributed by atoms with E-state index in [2.05, 4.69) is 25.5 Å². The van der Waals surface area contributed by atoms with E-state index in [-0.39, 0.29) is 11.8 Å². The number of amides is 1. The van der Waals surface area contributed by atoms with E-state index < -0.39 is 0 Å². The van der Waals surface area contributed by atoms with Crippen molar-refractivity contribution < 1.29 is 4.79 Å². The molecule has 0 saturated carbocycles. The number of hydrogen-bond donors (Lipinski definition) is 0. The molecule has 0 bridgehead atoms. The lowest BCUT2D eigenvalue weighted by atomic mass is 10.1. The first kappa shape index (κ1) is 14.6. The largest absolute Gasteiger partial charge is 0.336 e. The van der Waals surface area contributed by atoms with Gasteiger partial charge >= 0.3 is 0 Å². The zero-order chi connectivity index (χ0) is 14.0. The maximum Gasteiger partial charge on any atom is 0.267 e. The summed E-state index contributed by atoms with van der Waals surface area (Å²) in [6.07, 6.45) is 0. The van der Waals surface area contributed by atoms with Gasteiger partial charge in [-0.3, -0.25) is 4.79 Å². The lowest BCUT2D eigenvalue weighted by Gasteiger charge is -2.15. The standard InChI is InChI=1S/C12H14BrN3OS2/c1-7(2)10-11(19-15-14-10)12(17)16(3)5-9-4-8(13)6-18-9/h4,6-7H,5H2,1-3H3. The average Bonchev–Trinajstić information content (AvgIpc) is 2.97. The van der Waals surface area contributed by atoms with Crippen LogP contribution in [0.2, 0.25) is 0 Å². The van der Waals surface area contributed by atoms with Crippen LogP contribution in [0.3, 0.4) is 0 Å². The normalized spacial score (nSPS) is 11.0. The molecule has 102 valence electrons. The Hall–Kier alpha value is -0.790. The Morgan fingerprint density at radius 1 is 1.53 bits per heavy atom. The van der Waals surface area contributed by atoms with Crippen molar-refractivity contribution in [3.05, 3.63) is 31.4 Å². The Morgan fingerprint density at radius 3 is 2.84 bits per heavy atom. The van der Waals surface area contributed by atoms with Crippen LogP contribution in [0.15, 0.2) is 15.9 Å². The van der Waals surface area contributed by atoms with Gasteiger partial charge in [0.25, 0.3) is 5.91 Å². The van der Waals surface area contributed by atoms with Gasteiger partial charge in [0.15, 0.2) is 0 Å². The molecule has 4 nitrogen and oxygen atoms in total. The van der Waals surface area contributed by atoms with Crippen LogP contribution in [0.4, 0.5) is 0 Å². The number of carbonyl (C=O) groups is 1. The Bertz CT molecular complexity index is 579. The topological polar surface area (TPSA) is 46.1 Å². The molecule has 0 atom stereocenters. The van der Waals surface area contributed by atoms with Crippen LogP contribution in [-0.2, 0) is 6.54 Å². The van der Waals surface area contributed by atoms with Crippen molar-refractivity contribution in [1.82, 2.24) is 14.5 Å². The van der Waals surface area contributed by atoms with Crippen molar-refractivity contribution in [2.45, 2.75) is 26.3 Å². The molecule has 0 spiro atoms. The number of halogens is 1. The van der Waals surface area contributed by atoms with Crippen LogP contribution in [0, 0.1) is 0 Å². The van der Waals surface area contributed by atoms with E-state index in [1.54, 1.807) is 23.3 Å². The number of hydrogen-bond acceptors (Lipinski definition) is 5. The summed E-state index contributed by atoms with van der Waals surface area (Å²) in [4.78, 5) is 15.9. The van der Waals surface area contributed by atoms with Crippen molar-refractivity contribution in [2.24, 2.45) is 0 Å². The molecule has 2 aromatic rings. The molecule has 0 aliphatic rings. The lowest BCUT2D eigenvalue weighted by Crippen LogP contribution is -2.26. The second kappa shape index (κ2) is 6.11. The number of thiophene rings is 1. The van der Waals surface area contributed by atoms with Gasteiger partial charge in [-0.1, -0.05) is 18.3 Å². The second-order valence-electron chi connectivity index (χ2n) is 4.53. The number of carbonyl (C=O) groups excluding carboxylic acids is 1. The predicted molar refractivity (Wildman–Crippen MR) is 81.8 cm³/mol. The van der Waals surface area contributed by atoms with Crippen LogP contribution < -0.4 is 0 Å². The number of aromatic nitrogens is 2. The van der Waals surface area contributed by atoms with Crippen molar-refractivity contribution in [3.8, 4) is 0 Å². The fourth-order valence-electron chi connectivity index (χ4n) is 1.64. The minimum Gasteiger partial charge on any atom is -0.336 e. The average molecular weight is 360 g/mol. The van der Waals surface area contributed by atoms with Gasteiger partial charge in [0.2, 0.25) is 0 Å². The monoisotopic (exact) mass is 359 g/mol. The van der Waals surface area contributed by atoms with Crippen LogP contribution in [-0.4, -0.2) is 27.4 Å². The Balaban J connectivity index is 2.12. The molecule has 0 saturated heterocycles. The molecule has 0 aromatic carbocycles. The first-order chi connectivity index (χ1) is 8.99. The summed E-state index contributed by atoms with van der Waals surface area (Å²) in [5.74, 6) is 0.199. The molecule has 7 heteroatoms. The minimum absolute atomic E-state index is 0.0109. The third-order valence-electron chi connectivity index (χ3n) is 2.62. The van der Waals surface area contributed by atoms with E-state index in [0.717, 1.165) is 15.0 Å². The van der Waals surface area contributed by atoms with Gasteiger partial charge in [-0.2, -0.15) is 0 Å². The number of nitrogens with zero attached hydrogens (tertiary/aromatic N) is 3. The molecule has 2 rings (SSSR count). The highest BCUT2D eigenvalue weighted by atomic mass is 79.9. The summed E-state index contributed by atoms with van der Waals surface area (Å²) in [6.45, 7) is 4.64. The maximum atomic E-state index is 12.4. The summed E-state index contributed by atoms with van der Waals surface area (Å²) in [5.41, 5.74) is 0.786. The first-order valence-electron chi connectivity index (χ1n) is 5.79. The zero-order valence-electron chi connectivity index (χ0n) is 10.9. The Labute approximate surface area is 128 Å². The fourth-order valence-corrected chi connectivity index (χ4v) is 3.96. The van der Waals surface area contributed by atoms with E-state index in [9.17, 15) is 4.79 Å². The lowest BCUT2D eigenvalue weighted by molar-refractivity contribution is 0.0789. The zero-order valence-corrected chi connectivity index (χ0v) is 14.1. The fraction of sp³-hybridized carbons (Fsp3) is 0.417. The summed E-state index contributed by atoms with van der Waals surface area (Å²) in [5, 5.41) is 6.06. The summed E-state index contributed by atoms with van der Waals surface area (Å²) in [6, 6.07) is 2.03. The van der Waals surface area contributed by atoms with E-state index >= 15 is 0 Å². The smallest absolute Gasteiger partial charge is 0.267 e. The molecule has 0 aliphatic carbocycles. The van der Waals surface area contributed by atoms with E-state index in [1.807, 2.05) is 25.3 Å². The molecule has 19 heavy (non-hydrogen) atoms. The molecule has 0 unspecified atom stereocenters. The molecule has 2 aromatic heterocycles. The third-order valence-corrected chi connectivity index (χ3v) is 5.03. The molecule has 0 aliphatic heterocycles. The van der Waals surface area contributed by atoms with Gasteiger partial charge in [-0.15, -0.1) is 16.4 Å².